The fraction of sp³-hybridized carbons (Fsp3) is 1.00. The number of epoxide rings is 1. The molecule has 1 heterocycles. The molecule has 0 aliphatic carbocycles. The molecule has 0 saturated carbocycles. The van der Waals surface area contributed by atoms with Crippen molar-refractivity contribution in [1.82, 2.24) is 0 Å². The van der Waals surface area contributed by atoms with Crippen LogP contribution in [0, 0.1) is 0 Å². The second-order valence-corrected chi connectivity index (χ2v) is 3.65. The van der Waals surface area contributed by atoms with Crippen molar-refractivity contribution in [2.24, 2.45) is 0 Å². The maximum atomic E-state index is 5.60. The van der Waals surface area contributed by atoms with Crippen molar-refractivity contribution in [2.75, 3.05) is 39.6 Å². The van der Waals surface area contributed by atoms with Crippen molar-refractivity contribution in [3.63, 3.8) is 0 Å². The van der Waals surface area contributed by atoms with E-state index in [1.54, 1.807) is 0 Å². The van der Waals surface area contributed by atoms with Crippen molar-refractivity contribution in [1.29, 1.82) is 0 Å². The largest absolute Gasteiger partial charge is 0.379 e. The van der Waals surface area contributed by atoms with Gasteiger partial charge in [-0.3, -0.25) is 0 Å². The highest BCUT2D eigenvalue weighted by molar-refractivity contribution is 4.68. The quantitative estimate of drug-likeness (QED) is 0.517. The molecule has 1 aliphatic heterocycles. The minimum Gasteiger partial charge on any atom is -0.379 e. The molecule has 0 amide bonds. The summed E-state index contributed by atoms with van der Waals surface area (Å²) in [5.41, 5.74) is 0. The molecule has 0 spiro atoms. The van der Waals surface area contributed by atoms with Gasteiger partial charge in [0.15, 0.2) is 0 Å². The van der Waals surface area contributed by atoms with Gasteiger partial charge in [-0.2, -0.15) is 0 Å². The Morgan fingerprint density at radius 1 is 1.27 bits per heavy atom. The van der Waals surface area contributed by atoms with Crippen LogP contribution in [0.2, 0.25) is 0 Å². The van der Waals surface area contributed by atoms with Gasteiger partial charge in [-0.25, -0.2) is 0 Å². The molecular weight excluding hydrogens is 196 g/mol. The number of hydrogen-bond donors (Lipinski definition) is 0. The summed E-state index contributed by atoms with van der Waals surface area (Å²) < 4.78 is 21.5. The molecule has 1 saturated heterocycles. The third-order valence-electron chi connectivity index (χ3n) is 2.08. The fourth-order valence-corrected chi connectivity index (χ4v) is 1.17. The molecule has 0 bridgehead atoms. The maximum absolute atomic E-state index is 5.60. The van der Waals surface area contributed by atoms with Gasteiger partial charge in [0.25, 0.3) is 0 Å². The molecule has 15 heavy (non-hydrogen) atoms. The Labute approximate surface area is 91.8 Å². The molecule has 2 unspecified atom stereocenters. The third-order valence-corrected chi connectivity index (χ3v) is 2.08. The van der Waals surface area contributed by atoms with E-state index in [-0.39, 0.29) is 6.10 Å². The predicted octanol–water partition coefficient (Wildman–Crippen LogP) is 1.23. The van der Waals surface area contributed by atoms with Gasteiger partial charge in [0.05, 0.1) is 26.4 Å². The van der Waals surface area contributed by atoms with Crippen LogP contribution < -0.4 is 0 Å². The van der Waals surface area contributed by atoms with E-state index in [1.165, 1.54) is 0 Å². The minimum absolute atomic E-state index is 0.0589. The van der Waals surface area contributed by atoms with Gasteiger partial charge in [0, 0.05) is 13.2 Å². The molecule has 1 aliphatic rings. The van der Waals surface area contributed by atoms with E-state index >= 15 is 0 Å². The molecule has 90 valence electrons. The molecule has 0 aromatic carbocycles. The van der Waals surface area contributed by atoms with Gasteiger partial charge < -0.3 is 18.9 Å². The minimum atomic E-state index is 0.0589. The second-order valence-electron chi connectivity index (χ2n) is 3.65. The lowest BCUT2D eigenvalue weighted by Crippen LogP contribution is -2.27. The first kappa shape index (κ1) is 12.9. The first-order valence-corrected chi connectivity index (χ1v) is 5.75. The summed E-state index contributed by atoms with van der Waals surface area (Å²) in [5, 5.41) is 0. The SMILES string of the molecule is CCCOC(COCC)COCC1CO1. The maximum Gasteiger partial charge on any atom is 0.104 e. The Balaban J connectivity index is 2.02. The number of hydrogen-bond acceptors (Lipinski definition) is 4. The van der Waals surface area contributed by atoms with Crippen LogP contribution in [0.3, 0.4) is 0 Å². The highest BCUT2D eigenvalue weighted by Gasteiger charge is 2.23. The van der Waals surface area contributed by atoms with E-state index < -0.39 is 0 Å². The average Bonchev–Trinajstić information content (AvgIpc) is 3.05. The first-order chi connectivity index (χ1) is 7.36. The standard InChI is InChI=1S/C11H22O4/c1-3-5-14-10(6-12-4-2)7-13-8-11-9-15-11/h10-11H,3-9H2,1-2H3. The van der Waals surface area contributed by atoms with Crippen LogP contribution in [0.25, 0.3) is 0 Å². The molecule has 4 nitrogen and oxygen atoms in total. The molecule has 4 heteroatoms. The summed E-state index contributed by atoms with van der Waals surface area (Å²) in [6.45, 7) is 8.29. The van der Waals surface area contributed by atoms with Crippen LogP contribution in [0.4, 0.5) is 0 Å². The molecular formula is C11H22O4. The fourth-order valence-electron chi connectivity index (χ4n) is 1.17. The average molecular weight is 218 g/mol. The summed E-state index contributed by atoms with van der Waals surface area (Å²) in [5.74, 6) is 0. The molecule has 0 aromatic heterocycles. The normalized spacial score (nSPS) is 21.6. The summed E-state index contributed by atoms with van der Waals surface area (Å²) in [6.07, 6.45) is 1.40. The van der Waals surface area contributed by atoms with E-state index in [0.29, 0.717) is 25.9 Å². The van der Waals surface area contributed by atoms with Crippen LogP contribution in [-0.4, -0.2) is 51.8 Å². The molecule has 0 N–H and O–H groups in total. The topological polar surface area (TPSA) is 40.2 Å². The van der Waals surface area contributed by atoms with Crippen molar-refractivity contribution < 1.29 is 18.9 Å². The third kappa shape index (κ3) is 6.84. The van der Waals surface area contributed by atoms with Crippen LogP contribution >= 0.6 is 0 Å². The Kier molecular flexibility index (Phi) is 6.92. The zero-order chi connectivity index (χ0) is 10.9. The lowest BCUT2D eigenvalue weighted by Gasteiger charge is -2.17. The monoisotopic (exact) mass is 218 g/mol. The molecule has 1 fully saturated rings. The lowest BCUT2D eigenvalue weighted by molar-refractivity contribution is -0.0596. The highest BCUT2D eigenvalue weighted by atomic mass is 16.6. The van der Waals surface area contributed by atoms with Crippen molar-refractivity contribution >= 4 is 0 Å². The van der Waals surface area contributed by atoms with Gasteiger partial charge in [-0.15, -0.1) is 0 Å². The smallest absolute Gasteiger partial charge is 0.104 e. The van der Waals surface area contributed by atoms with Crippen LogP contribution in [-0.2, 0) is 18.9 Å². The lowest BCUT2D eigenvalue weighted by atomic mass is 10.4. The van der Waals surface area contributed by atoms with Crippen LogP contribution in [0.1, 0.15) is 20.3 Å². The van der Waals surface area contributed by atoms with Gasteiger partial charge >= 0.3 is 0 Å². The van der Waals surface area contributed by atoms with E-state index in [4.69, 9.17) is 18.9 Å². The Bertz CT molecular complexity index is 140. The summed E-state index contributed by atoms with van der Waals surface area (Å²) >= 11 is 0. The summed E-state index contributed by atoms with van der Waals surface area (Å²) in [4.78, 5) is 0. The highest BCUT2D eigenvalue weighted by Crippen LogP contribution is 2.09. The van der Waals surface area contributed by atoms with Gasteiger partial charge in [0.2, 0.25) is 0 Å². The van der Waals surface area contributed by atoms with E-state index in [1.807, 2.05) is 6.92 Å². The van der Waals surface area contributed by atoms with Gasteiger partial charge in [-0.05, 0) is 13.3 Å². The second kappa shape index (κ2) is 8.05. The zero-order valence-electron chi connectivity index (χ0n) is 9.74. The van der Waals surface area contributed by atoms with E-state index in [9.17, 15) is 0 Å². The Morgan fingerprint density at radius 3 is 2.60 bits per heavy atom. The molecule has 2 atom stereocenters. The molecule has 1 rings (SSSR count). The number of rotatable bonds is 10. The predicted molar refractivity (Wildman–Crippen MR) is 57.1 cm³/mol. The molecule has 0 aromatic rings. The zero-order valence-corrected chi connectivity index (χ0v) is 9.74. The summed E-state index contributed by atoms with van der Waals surface area (Å²) in [6, 6.07) is 0. The van der Waals surface area contributed by atoms with Crippen molar-refractivity contribution in [3.8, 4) is 0 Å². The van der Waals surface area contributed by atoms with E-state index in [0.717, 1.165) is 26.2 Å². The Hall–Kier alpha value is -0.160. The van der Waals surface area contributed by atoms with Crippen LogP contribution in [0.5, 0.6) is 0 Å². The number of ether oxygens (including phenoxy) is 4. The molecule has 0 radical (unpaired) electrons. The van der Waals surface area contributed by atoms with Gasteiger partial charge in [-0.1, -0.05) is 6.92 Å². The summed E-state index contributed by atoms with van der Waals surface area (Å²) in [7, 11) is 0. The van der Waals surface area contributed by atoms with Gasteiger partial charge in [0.1, 0.15) is 12.2 Å². The Morgan fingerprint density at radius 2 is 2.00 bits per heavy atom. The van der Waals surface area contributed by atoms with Crippen molar-refractivity contribution in [2.45, 2.75) is 32.5 Å². The first-order valence-electron chi connectivity index (χ1n) is 5.75. The van der Waals surface area contributed by atoms with Crippen LogP contribution in [0.15, 0.2) is 0 Å². The van der Waals surface area contributed by atoms with E-state index in [2.05, 4.69) is 6.92 Å². The van der Waals surface area contributed by atoms with Crippen molar-refractivity contribution in [3.05, 3.63) is 0 Å².